The summed E-state index contributed by atoms with van der Waals surface area (Å²) in [5.41, 5.74) is 5.61. The first kappa shape index (κ1) is 12.3. The minimum atomic E-state index is 0.603. The van der Waals surface area contributed by atoms with Gasteiger partial charge in [0, 0.05) is 12.6 Å². The van der Waals surface area contributed by atoms with E-state index in [1.807, 2.05) is 0 Å². The van der Waals surface area contributed by atoms with Gasteiger partial charge >= 0.3 is 0 Å². The molecular formula is C14H23N. The summed E-state index contributed by atoms with van der Waals surface area (Å²) in [7, 11) is 0. The zero-order valence-electron chi connectivity index (χ0n) is 10.6. The lowest BCUT2D eigenvalue weighted by molar-refractivity contribution is 0.533. The van der Waals surface area contributed by atoms with Crippen molar-refractivity contribution >= 4 is 0 Å². The van der Waals surface area contributed by atoms with E-state index in [9.17, 15) is 0 Å². The summed E-state index contributed by atoms with van der Waals surface area (Å²) in [5.74, 6) is 0. The molecule has 1 rings (SSSR count). The Bertz CT molecular complexity index is 328. The van der Waals surface area contributed by atoms with E-state index >= 15 is 0 Å². The molecule has 1 heteroatoms. The smallest absolute Gasteiger partial charge is 0.0210 e. The minimum absolute atomic E-state index is 0.603. The highest BCUT2D eigenvalue weighted by atomic mass is 14.9. The van der Waals surface area contributed by atoms with Crippen molar-refractivity contribution in [1.29, 1.82) is 0 Å². The van der Waals surface area contributed by atoms with Crippen LogP contribution in [0.25, 0.3) is 0 Å². The lowest BCUT2D eigenvalue weighted by Gasteiger charge is -2.14. The number of benzene rings is 1. The number of aryl methyl sites for hydroxylation is 3. The van der Waals surface area contributed by atoms with E-state index in [1.165, 1.54) is 28.7 Å². The summed E-state index contributed by atoms with van der Waals surface area (Å²) in [5, 5.41) is 3.54. The van der Waals surface area contributed by atoms with Crippen molar-refractivity contribution < 1.29 is 0 Å². The van der Waals surface area contributed by atoms with Crippen molar-refractivity contribution in [3.8, 4) is 0 Å². The van der Waals surface area contributed by atoms with Crippen LogP contribution in [0, 0.1) is 20.8 Å². The molecule has 1 aromatic carbocycles. The Morgan fingerprint density at radius 1 is 1.07 bits per heavy atom. The van der Waals surface area contributed by atoms with Gasteiger partial charge in [0.1, 0.15) is 0 Å². The fourth-order valence-corrected chi connectivity index (χ4v) is 1.64. The monoisotopic (exact) mass is 205 g/mol. The summed E-state index contributed by atoms with van der Waals surface area (Å²) < 4.78 is 0. The second-order valence-corrected chi connectivity index (χ2v) is 4.55. The van der Waals surface area contributed by atoms with E-state index < -0.39 is 0 Å². The Morgan fingerprint density at radius 2 is 1.67 bits per heavy atom. The van der Waals surface area contributed by atoms with Crippen LogP contribution in [0.4, 0.5) is 0 Å². The second-order valence-electron chi connectivity index (χ2n) is 4.55. The number of nitrogens with one attached hydrogen (secondary N) is 1. The molecule has 1 aromatic rings. The zero-order chi connectivity index (χ0) is 11.4. The highest BCUT2D eigenvalue weighted by Gasteiger charge is 2.03. The Labute approximate surface area is 93.9 Å². The van der Waals surface area contributed by atoms with Gasteiger partial charge in [0.05, 0.1) is 0 Å². The largest absolute Gasteiger partial charge is 0.310 e. The lowest BCUT2D eigenvalue weighted by atomic mass is 10.0. The summed E-state index contributed by atoms with van der Waals surface area (Å²) >= 11 is 0. The molecule has 0 spiro atoms. The molecule has 84 valence electrons. The molecule has 1 atom stereocenters. The predicted molar refractivity (Wildman–Crippen MR) is 67.2 cm³/mol. The first-order valence-corrected chi connectivity index (χ1v) is 5.84. The van der Waals surface area contributed by atoms with Gasteiger partial charge in [0.15, 0.2) is 0 Å². The van der Waals surface area contributed by atoms with Crippen molar-refractivity contribution in [3.05, 3.63) is 34.4 Å². The van der Waals surface area contributed by atoms with Crippen LogP contribution in [0.5, 0.6) is 0 Å². The van der Waals surface area contributed by atoms with Crippen molar-refractivity contribution in [2.45, 2.75) is 53.6 Å². The van der Waals surface area contributed by atoms with E-state index in [1.54, 1.807) is 0 Å². The maximum absolute atomic E-state index is 3.54. The van der Waals surface area contributed by atoms with Gasteiger partial charge in [-0.25, -0.2) is 0 Å². The van der Waals surface area contributed by atoms with Gasteiger partial charge < -0.3 is 5.32 Å². The Kier molecular flexibility index (Phi) is 4.34. The summed E-state index contributed by atoms with van der Waals surface area (Å²) in [6.07, 6.45) is 1.18. The molecule has 0 amide bonds. The van der Waals surface area contributed by atoms with Crippen LogP contribution in [0.2, 0.25) is 0 Å². The molecule has 0 aliphatic rings. The highest BCUT2D eigenvalue weighted by molar-refractivity contribution is 5.36. The van der Waals surface area contributed by atoms with Gasteiger partial charge in [0.25, 0.3) is 0 Å². The van der Waals surface area contributed by atoms with Crippen molar-refractivity contribution in [3.63, 3.8) is 0 Å². The normalized spacial score (nSPS) is 12.9. The quantitative estimate of drug-likeness (QED) is 0.793. The van der Waals surface area contributed by atoms with Crippen LogP contribution in [0.3, 0.4) is 0 Å². The fraction of sp³-hybridized carbons (Fsp3) is 0.571. The zero-order valence-corrected chi connectivity index (χ0v) is 10.6. The van der Waals surface area contributed by atoms with Gasteiger partial charge in [-0.3, -0.25) is 0 Å². The fourth-order valence-electron chi connectivity index (χ4n) is 1.64. The molecular weight excluding hydrogens is 182 g/mol. The Hall–Kier alpha value is -0.820. The third kappa shape index (κ3) is 3.35. The summed E-state index contributed by atoms with van der Waals surface area (Å²) in [6, 6.07) is 5.19. The molecule has 0 saturated carbocycles. The third-order valence-electron chi connectivity index (χ3n) is 3.21. The first-order chi connectivity index (χ1) is 7.04. The lowest BCUT2D eigenvalue weighted by Crippen LogP contribution is -2.24. The molecule has 0 saturated heterocycles. The standard InChI is InChI=1S/C14H23N/c1-6-13(5)15-9-14-8-11(3)10(2)7-12(14)4/h7-8,13,15H,6,9H2,1-5H3/t13-/m0/s1. The third-order valence-corrected chi connectivity index (χ3v) is 3.21. The molecule has 0 aliphatic heterocycles. The van der Waals surface area contributed by atoms with Crippen molar-refractivity contribution in [1.82, 2.24) is 5.32 Å². The molecule has 0 unspecified atom stereocenters. The van der Waals surface area contributed by atoms with Crippen LogP contribution in [-0.4, -0.2) is 6.04 Å². The molecule has 0 aromatic heterocycles. The Morgan fingerprint density at radius 3 is 2.27 bits per heavy atom. The minimum Gasteiger partial charge on any atom is -0.310 e. The van der Waals surface area contributed by atoms with E-state index in [4.69, 9.17) is 0 Å². The molecule has 1 nitrogen and oxygen atoms in total. The molecule has 1 N–H and O–H groups in total. The SMILES string of the molecule is CC[C@H](C)NCc1cc(C)c(C)cc1C. The number of rotatable bonds is 4. The average molecular weight is 205 g/mol. The molecule has 15 heavy (non-hydrogen) atoms. The van der Waals surface area contributed by atoms with Crippen molar-refractivity contribution in [2.24, 2.45) is 0 Å². The van der Waals surface area contributed by atoms with Crippen molar-refractivity contribution in [2.75, 3.05) is 0 Å². The molecule has 0 bridgehead atoms. The molecule has 0 heterocycles. The first-order valence-electron chi connectivity index (χ1n) is 5.84. The predicted octanol–water partition coefficient (Wildman–Crippen LogP) is 3.50. The molecule has 0 aliphatic carbocycles. The van der Waals surface area contributed by atoms with Gasteiger partial charge in [-0.05, 0) is 56.4 Å². The van der Waals surface area contributed by atoms with E-state index in [0.717, 1.165) is 6.54 Å². The van der Waals surface area contributed by atoms with Gasteiger partial charge in [-0.15, -0.1) is 0 Å². The van der Waals surface area contributed by atoms with Crippen LogP contribution >= 0.6 is 0 Å². The highest BCUT2D eigenvalue weighted by Crippen LogP contribution is 2.15. The van der Waals surface area contributed by atoms with Gasteiger partial charge in [-0.1, -0.05) is 19.1 Å². The van der Waals surface area contributed by atoms with E-state index in [0.29, 0.717) is 6.04 Å². The second kappa shape index (κ2) is 5.32. The number of hydrogen-bond acceptors (Lipinski definition) is 1. The average Bonchev–Trinajstić information content (AvgIpc) is 2.21. The van der Waals surface area contributed by atoms with Gasteiger partial charge in [0.2, 0.25) is 0 Å². The van der Waals surface area contributed by atoms with Crippen LogP contribution < -0.4 is 5.32 Å². The maximum Gasteiger partial charge on any atom is 0.0210 e. The molecule has 0 fully saturated rings. The Balaban J connectivity index is 2.73. The van der Waals surface area contributed by atoms with Crippen LogP contribution in [0.15, 0.2) is 12.1 Å². The van der Waals surface area contributed by atoms with Gasteiger partial charge in [-0.2, -0.15) is 0 Å². The maximum atomic E-state index is 3.54. The number of hydrogen-bond donors (Lipinski definition) is 1. The molecule has 0 radical (unpaired) electrons. The topological polar surface area (TPSA) is 12.0 Å². The van der Waals surface area contributed by atoms with E-state index in [2.05, 4.69) is 52.1 Å². The summed E-state index contributed by atoms with van der Waals surface area (Å²) in [4.78, 5) is 0. The summed E-state index contributed by atoms with van der Waals surface area (Å²) in [6.45, 7) is 12.0. The van der Waals surface area contributed by atoms with Crippen LogP contribution in [0.1, 0.15) is 42.5 Å². The van der Waals surface area contributed by atoms with Crippen LogP contribution in [-0.2, 0) is 6.54 Å². The van der Waals surface area contributed by atoms with E-state index in [-0.39, 0.29) is 0 Å².